The third kappa shape index (κ3) is 6.02. The van der Waals surface area contributed by atoms with Crippen molar-refractivity contribution in [2.75, 3.05) is 4.90 Å². The molecule has 0 fully saturated rings. The van der Waals surface area contributed by atoms with Gasteiger partial charge in [-0.25, -0.2) is 0 Å². The van der Waals surface area contributed by atoms with Crippen LogP contribution in [0.2, 0.25) is 0 Å². The van der Waals surface area contributed by atoms with E-state index in [0.29, 0.717) is 0 Å². The van der Waals surface area contributed by atoms with Crippen LogP contribution in [0.25, 0.3) is 65.9 Å². The highest BCUT2D eigenvalue weighted by atomic mass is 15.1. The van der Waals surface area contributed by atoms with Gasteiger partial charge in [0, 0.05) is 16.8 Å². The first-order valence-corrected chi connectivity index (χ1v) is 18.9. The molecule has 0 saturated heterocycles. The summed E-state index contributed by atoms with van der Waals surface area (Å²) in [5.41, 5.74) is 10.6. The standard InChI is InChI=1S/C54H37N/c1-3-15-41(16-4-1)52(53-36-42-17-7-9-21-46(42)48-23-11-12-25-50(48)53)35-38-27-29-39(30-28-38)40-31-33-45(34-32-40)55(44-19-5-2-6-20-44)54-37-43-18-8-10-22-47(43)49-24-13-14-26-51(49)54/h1-37H/b52-35+. The van der Waals surface area contributed by atoms with Gasteiger partial charge >= 0.3 is 0 Å². The second-order valence-electron chi connectivity index (χ2n) is 14.1. The molecule has 0 aliphatic carbocycles. The SMILES string of the molecule is C(=C(/c1ccccc1)c1cc2ccccc2c2ccccc12)/c1ccc(-c2ccc(N(c3ccccc3)c3cc4ccccc4c4ccccc34)cc2)cc1. The van der Waals surface area contributed by atoms with Crippen LogP contribution in [0.5, 0.6) is 0 Å². The number of rotatable bonds is 7. The Kier molecular flexibility index (Phi) is 8.24. The van der Waals surface area contributed by atoms with Gasteiger partial charge in [0.05, 0.1) is 5.69 Å². The van der Waals surface area contributed by atoms with Crippen molar-refractivity contribution in [1.82, 2.24) is 0 Å². The number of fused-ring (bicyclic) bond motifs is 6. The zero-order valence-electron chi connectivity index (χ0n) is 30.3. The predicted octanol–water partition coefficient (Wildman–Crippen LogP) is 15.0. The fraction of sp³-hybridized carbons (Fsp3) is 0. The molecule has 0 amide bonds. The van der Waals surface area contributed by atoms with Crippen molar-refractivity contribution in [1.29, 1.82) is 0 Å². The van der Waals surface area contributed by atoms with Crippen molar-refractivity contribution in [3.8, 4) is 11.1 Å². The Balaban J connectivity index is 1.03. The second-order valence-corrected chi connectivity index (χ2v) is 14.1. The maximum Gasteiger partial charge on any atom is 0.0546 e. The summed E-state index contributed by atoms with van der Waals surface area (Å²) >= 11 is 0. The van der Waals surface area contributed by atoms with Crippen LogP contribution in [0.1, 0.15) is 16.7 Å². The topological polar surface area (TPSA) is 3.24 Å². The molecule has 10 aromatic carbocycles. The van der Waals surface area contributed by atoms with E-state index in [1.807, 2.05) is 0 Å². The van der Waals surface area contributed by atoms with E-state index in [2.05, 4.69) is 229 Å². The molecule has 10 aromatic rings. The minimum absolute atomic E-state index is 1.12. The van der Waals surface area contributed by atoms with E-state index in [1.54, 1.807) is 0 Å². The quantitative estimate of drug-likeness (QED) is 0.118. The fourth-order valence-electron chi connectivity index (χ4n) is 8.18. The Labute approximate surface area is 321 Å². The largest absolute Gasteiger partial charge is 0.310 e. The van der Waals surface area contributed by atoms with Crippen LogP contribution in [-0.4, -0.2) is 0 Å². The van der Waals surface area contributed by atoms with Crippen molar-refractivity contribution in [3.05, 3.63) is 235 Å². The van der Waals surface area contributed by atoms with Crippen molar-refractivity contribution < 1.29 is 0 Å². The normalized spacial score (nSPS) is 11.7. The zero-order chi connectivity index (χ0) is 36.6. The molecule has 1 nitrogen and oxygen atoms in total. The molecule has 0 aliphatic heterocycles. The summed E-state index contributed by atoms with van der Waals surface area (Å²) in [6.07, 6.45) is 2.34. The lowest BCUT2D eigenvalue weighted by Crippen LogP contribution is -2.10. The van der Waals surface area contributed by atoms with Crippen molar-refractivity contribution in [2.24, 2.45) is 0 Å². The molecule has 1 heteroatoms. The van der Waals surface area contributed by atoms with E-state index in [1.165, 1.54) is 70.9 Å². The van der Waals surface area contributed by atoms with Crippen molar-refractivity contribution in [3.63, 3.8) is 0 Å². The van der Waals surface area contributed by atoms with E-state index >= 15 is 0 Å². The Morgan fingerprint density at radius 1 is 0.345 bits per heavy atom. The van der Waals surface area contributed by atoms with E-state index in [0.717, 1.165) is 22.6 Å². The number of anilines is 3. The van der Waals surface area contributed by atoms with Gasteiger partial charge in [-0.1, -0.05) is 182 Å². The summed E-state index contributed by atoms with van der Waals surface area (Å²) in [5, 5.41) is 10.0. The average molecular weight is 700 g/mol. The summed E-state index contributed by atoms with van der Waals surface area (Å²) in [7, 11) is 0. The fourth-order valence-corrected chi connectivity index (χ4v) is 8.18. The highest BCUT2D eigenvalue weighted by molar-refractivity contribution is 6.15. The molecule has 0 radical (unpaired) electrons. The zero-order valence-corrected chi connectivity index (χ0v) is 30.3. The molecule has 0 unspecified atom stereocenters. The van der Waals surface area contributed by atoms with Crippen LogP contribution in [0.4, 0.5) is 17.1 Å². The molecule has 0 spiro atoms. The molecule has 0 aromatic heterocycles. The van der Waals surface area contributed by atoms with Gasteiger partial charge in [-0.2, -0.15) is 0 Å². The Bertz CT molecular complexity index is 3000. The van der Waals surface area contributed by atoms with Gasteiger partial charge in [0.25, 0.3) is 0 Å². The monoisotopic (exact) mass is 699 g/mol. The van der Waals surface area contributed by atoms with Gasteiger partial charge < -0.3 is 4.90 Å². The number of nitrogens with zero attached hydrogens (tertiary/aromatic N) is 1. The van der Waals surface area contributed by atoms with Crippen LogP contribution in [0.3, 0.4) is 0 Å². The van der Waals surface area contributed by atoms with Gasteiger partial charge in [-0.15, -0.1) is 0 Å². The number of para-hydroxylation sites is 1. The average Bonchev–Trinajstić information content (AvgIpc) is 3.27. The Morgan fingerprint density at radius 3 is 1.44 bits per heavy atom. The molecule has 0 aliphatic rings. The molecule has 0 saturated carbocycles. The first-order chi connectivity index (χ1) is 27.3. The summed E-state index contributed by atoms with van der Waals surface area (Å²) in [5.74, 6) is 0. The first kappa shape index (κ1) is 32.4. The minimum Gasteiger partial charge on any atom is -0.310 e. The molecular weight excluding hydrogens is 663 g/mol. The van der Waals surface area contributed by atoms with Crippen LogP contribution in [0.15, 0.2) is 218 Å². The third-order valence-corrected chi connectivity index (χ3v) is 10.8. The maximum absolute atomic E-state index is 2.38. The van der Waals surface area contributed by atoms with E-state index in [4.69, 9.17) is 0 Å². The van der Waals surface area contributed by atoms with Crippen LogP contribution < -0.4 is 4.90 Å². The highest BCUT2D eigenvalue weighted by Crippen LogP contribution is 2.42. The molecule has 0 atom stereocenters. The van der Waals surface area contributed by atoms with Gasteiger partial charge in [0.1, 0.15) is 0 Å². The van der Waals surface area contributed by atoms with Gasteiger partial charge in [-0.3, -0.25) is 0 Å². The maximum atomic E-state index is 2.38. The lowest BCUT2D eigenvalue weighted by atomic mass is 9.89. The minimum atomic E-state index is 1.12. The van der Waals surface area contributed by atoms with Crippen molar-refractivity contribution >= 4 is 71.8 Å². The molecular formula is C54H37N. The van der Waals surface area contributed by atoms with Crippen LogP contribution in [0, 0.1) is 0 Å². The summed E-state index contributed by atoms with van der Waals surface area (Å²) in [6, 6.07) is 79.0. The predicted molar refractivity (Wildman–Crippen MR) is 236 cm³/mol. The first-order valence-electron chi connectivity index (χ1n) is 18.9. The van der Waals surface area contributed by atoms with Crippen molar-refractivity contribution in [2.45, 2.75) is 0 Å². The highest BCUT2D eigenvalue weighted by Gasteiger charge is 2.18. The molecule has 0 N–H and O–H groups in total. The second kappa shape index (κ2) is 14.0. The molecule has 258 valence electrons. The molecule has 0 heterocycles. The molecule has 0 bridgehead atoms. The summed E-state index contributed by atoms with van der Waals surface area (Å²) in [6.45, 7) is 0. The Morgan fingerprint density at radius 2 is 0.800 bits per heavy atom. The van der Waals surface area contributed by atoms with E-state index in [-0.39, 0.29) is 0 Å². The van der Waals surface area contributed by atoms with Gasteiger partial charge in [0.2, 0.25) is 0 Å². The van der Waals surface area contributed by atoms with Crippen LogP contribution >= 0.6 is 0 Å². The van der Waals surface area contributed by atoms with Gasteiger partial charge in [0.15, 0.2) is 0 Å². The number of benzene rings is 10. The smallest absolute Gasteiger partial charge is 0.0546 e. The lowest BCUT2D eigenvalue weighted by Gasteiger charge is -2.27. The lowest BCUT2D eigenvalue weighted by molar-refractivity contribution is 1.30. The van der Waals surface area contributed by atoms with Crippen LogP contribution in [-0.2, 0) is 0 Å². The Hall–Kier alpha value is -7.22. The number of hydrogen-bond donors (Lipinski definition) is 0. The van der Waals surface area contributed by atoms with E-state index < -0.39 is 0 Å². The third-order valence-electron chi connectivity index (χ3n) is 10.8. The van der Waals surface area contributed by atoms with E-state index in [9.17, 15) is 0 Å². The van der Waals surface area contributed by atoms with Gasteiger partial charge in [-0.05, 0) is 114 Å². The number of hydrogen-bond acceptors (Lipinski definition) is 1. The summed E-state index contributed by atoms with van der Waals surface area (Å²) < 4.78 is 0. The molecule has 55 heavy (non-hydrogen) atoms. The summed E-state index contributed by atoms with van der Waals surface area (Å²) in [4.78, 5) is 2.38. The molecule has 10 rings (SSSR count).